The number of hydrogen-bond acceptors (Lipinski definition) is 5. The molecular formula is C8H11N3O3. The Morgan fingerprint density at radius 1 is 1.64 bits per heavy atom. The molecule has 0 spiro atoms. The van der Waals surface area contributed by atoms with Crippen molar-refractivity contribution in [3.63, 3.8) is 0 Å². The van der Waals surface area contributed by atoms with E-state index in [9.17, 15) is 4.79 Å². The monoisotopic (exact) mass is 197 g/mol. The van der Waals surface area contributed by atoms with Crippen molar-refractivity contribution in [2.24, 2.45) is 0 Å². The minimum absolute atomic E-state index is 0.422. The van der Waals surface area contributed by atoms with Gasteiger partial charge in [0, 0.05) is 6.20 Å². The summed E-state index contributed by atoms with van der Waals surface area (Å²) < 4.78 is 0. The first-order valence-corrected chi connectivity index (χ1v) is 3.99. The first-order chi connectivity index (χ1) is 6.59. The van der Waals surface area contributed by atoms with Crippen LogP contribution < -0.4 is 5.48 Å². The molecule has 0 unspecified atom stereocenters. The second-order valence-corrected chi connectivity index (χ2v) is 2.73. The van der Waals surface area contributed by atoms with Gasteiger partial charge in [-0.25, -0.2) is 15.3 Å². The number of nitrogens with zero attached hydrogens (tertiary/aromatic N) is 2. The fraction of sp³-hybridized carbons (Fsp3) is 0.375. The molecule has 2 N–H and O–H groups in total. The Kier molecular flexibility index (Phi) is 3.35. The highest BCUT2D eigenvalue weighted by molar-refractivity contribution is 5.68. The molecule has 14 heavy (non-hydrogen) atoms. The highest BCUT2D eigenvalue weighted by Crippen LogP contribution is 2.07. The summed E-state index contributed by atoms with van der Waals surface area (Å²) in [6.07, 6.45) is 1.62. The molecule has 0 fully saturated rings. The summed E-state index contributed by atoms with van der Waals surface area (Å²) in [5.41, 5.74) is 3.82. The molecule has 0 aliphatic carbocycles. The standard InChI is InChI=1S/C8H11N3O3/c1-5-3-9-6(2)8(10-5)11-14-4-7(12)13/h3H,4H2,1-2H3,(H,10,11)(H,12,13). The van der Waals surface area contributed by atoms with Crippen molar-refractivity contribution in [3.05, 3.63) is 17.6 Å². The molecule has 0 bridgehead atoms. The van der Waals surface area contributed by atoms with Crippen LogP contribution in [-0.2, 0) is 9.63 Å². The van der Waals surface area contributed by atoms with Crippen LogP contribution in [0.4, 0.5) is 5.82 Å². The molecule has 6 heteroatoms. The summed E-state index contributed by atoms with van der Waals surface area (Å²) in [7, 11) is 0. The van der Waals surface area contributed by atoms with Crippen LogP contribution in [0, 0.1) is 13.8 Å². The van der Waals surface area contributed by atoms with Crippen molar-refractivity contribution in [1.82, 2.24) is 9.97 Å². The third-order valence-corrected chi connectivity index (χ3v) is 1.44. The average Bonchev–Trinajstić information content (AvgIpc) is 2.10. The average molecular weight is 197 g/mol. The molecule has 0 saturated carbocycles. The fourth-order valence-corrected chi connectivity index (χ4v) is 0.800. The molecule has 1 aromatic rings. The third-order valence-electron chi connectivity index (χ3n) is 1.44. The van der Waals surface area contributed by atoms with Gasteiger partial charge in [-0.3, -0.25) is 9.82 Å². The Hall–Kier alpha value is -1.69. The highest BCUT2D eigenvalue weighted by Gasteiger charge is 2.02. The maximum absolute atomic E-state index is 10.1. The smallest absolute Gasteiger partial charge is 0.332 e. The number of nitrogens with one attached hydrogen (secondary N) is 1. The van der Waals surface area contributed by atoms with Crippen molar-refractivity contribution in [1.29, 1.82) is 0 Å². The minimum atomic E-state index is -1.05. The van der Waals surface area contributed by atoms with Crippen LogP contribution in [-0.4, -0.2) is 27.7 Å². The Labute approximate surface area is 80.9 Å². The van der Waals surface area contributed by atoms with Gasteiger partial charge in [0.15, 0.2) is 12.4 Å². The molecule has 6 nitrogen and oxygen atoms in total. The lowest BCUT2D eigenvalue weighted by Gasteiger charge is -2.06. The molecule has 0 saturated heterocycles. The van der Waals surface area contributed by atoms with Crippen LogP contribution in [0.3, 0.4) is 0 Å². The zero-order valence-electron chi connectivity index (χ0n) is 7.94. The first-order valence-electron chi connectivity index (χ1n) is 3.99. The van der Waals surface area contributed by atoms with Crippen molar-refractivity contribution in [2.45, 2.75) is 13.8 Å². The third kappa shape index (κ3) is 2.98. The zero-order valence-corrected chi connectivity index (χ0v) is 7.94. The summed E-state index contributed by atoms with van der Waals surface area (Å²) in [6.45, 7) is 3.11. The Morgan fingerprint density at radius 2 is 2.36 bits per heavy atom. The van der Waals surface area contributed by atoms with E-state index in [1.54, 1.807) is 20.0 Å². The normalized spacial score (nSPS) is 9.86. The summed E-state index contributed by atoms with van der Waals surface area (Å²) in [5, 5.41) is 8.31. The number of anilines is 1. The molecule has 0 radical (unpaired) electrons. The van der Waals surface area contributed by atoms with Crippen LogP contribution in [0.25, 0.3) is 0 Å². The Bertz CT molecular complexity index is 341. The Balaban J connectivity index is 2.57. The van der Waals surface area contributed by atoms with Gasteiger partial charge in [0.2, 0.25) is 0 Å². The van der Waals surface area contributed by atoms with E-state index in [-0.39, 0.29) is 0 Å². The maximum Gasteiger partial charge on any atom is 0.332 e. The number of aromatic nitrogens is 2. The molecule has 1 heterocycles. The number of aryl methyl sites for hydroxylation is 2. The highest BCUT2D eigenvalue weighted by atomic mass is 16.7. The molecule has 0 aromatic carbocycles. The molecule has 76 valence electrons. The molecule has 0 atom stereocenters. The summed E-state index contributed by atoms with van der Waals surface area (Å²) in [6, 6.07) is 0. The predicted molar refractivity (Wildman–Crippen MR) is 48.7 cm³/mol. The van der Waals surface area contributed by atoms with Gasteiger partial charge in [-0.05, 0) is 13.8 Å². The number of carboxylic acid groups (broad SMARTS) is 1. The molecular weight excluding hydrogens is 186 g/mol. The van der Waals surface area contributed by atoms with Gasteiger partial charge in [-0.2, -0.15) is 0 Å². The van der Waals surface area contributed by atoms with E-state index >= 15 is 0 Å². The molecule has 0 aliphatic heterocycles. The molecule has 0 aliphatic rings. The topological polar surface area (TPSA) is 84.3 Å². The van der Waals surface area contributed by atoms with Crippen LogP contribution in [0.5, 0.6) is 0 Å². The number of hydrogen-bond donors (Lipinski definition) is 2. The second kappa shape index (κ2) is 4.52. The van der Waals surface area contributed by atoms with Crippen LogP contribution in [0.15, 0.2) is 6.20 Å². The van der Waals surface area contributed by atoms with E-state index in [1.807, 2.05) is 0 Å². The molecule has 0 amide bonds. The lowest BCUT2D eigenvalue weighted by molar-refractivity contribution is -0.141. The first kappa shape index (κ1) is 10.4. The van der Waals surface area contributed by atoms with Crippen molar-refractivity contribution >= 4 is 11.8 Å². The van der Waals surface area contributed by atoms with E-state index in [2.05, 4.69) is 20.3 Å². The molecule has 1 aromatic heterocycles. The van der Waals surface area contributed by atoms with Crippen LogP contribution in [0.1, 0.15) is 11.4 Å². The summed E-state index contributed by atoms with van der Waals surface area (Å²) in [4.78, 5) is 22.9. The van der Waals surface area contributed by atoms with Gasteiger partial charge in [-0.1, -0.05) is 0 Å². The number of aliphatic carboxylic acids is 1. The zero-order chi connectivity index (χ0) is 10.6. The van der Waals surface area contributed by atoms with Gasteiger partial charge in [-0.15, -0.1) is 0 Å². The number of carboxylic acids is 1. The summed E-state index contributed by atoms with van der Waals surface area (Å²) in [5.74, 6) is -0.609. The fourth-order valence-electron chi connectivity index (χ4n) is 0.800. The van der Waals surface area contributed by atoms with Gasteiger partial charge >= 0.3 is 5.97 Å². The lowest BCUT2D eigenvalue weighted by atomic mass is 10.4. The SMILES string of the molecule is Cc1cnc(C)c(NOCC(=O)O)n1. The largest absolute Gasteiger partial charge is 0.479 e. The van der Waals surface area contributed by atoms with E-state index in [0.29, 0.717) is 11.5 Å². The maximum atomic E-state index is 10.1. The van der Waals surface area contributed by atoms with Gasteiger partial charge < -0.3 is 5.11 Å². The predicted octanol–water partition coefficient (Wildman–Crippen LogP) is 0.522. The molecule has 1 rings (SSSR count). The van der Waals surface area contributed by atoms with E-state index in [1.165, 1.54) is 0 Å². The van der Waals surface area contributed by atoms with Gasteiger partial charge in [0.25, 0.3) is 0 Å². The van der Waals surface area contributed by atoms with Crippen LogP contribution in [0.2, 0.25) is 0 Å². The van der Waals surface area contributed by atoms with E-state index in [0.717, 1.165) is 5.69 Å². The second-order valence-electron chi connectivity index (χ2n) is 2.73. The van der Waals surface area contributed by atoms with Crippen molar-refractivity contribution in [2.75, 3.05) is 12.1 Å². The minimum Gasteiger partial charge on any atom is -0.479 e. The number of rotatable bonds is 4. The van der Waals surface area contributed by atoms with E-state index < -0.39 is 12.6 Å². The Morgan fingerprint density at radius 3 is 3.00 bits per heavy atom. The van der Waals surface area contributed by atoms with Crippen molar-refractivity contribution in [3.8, 4) is 0 Å². The van der Waals surface area contributed by atoms with E-state index in [4.69, 9.17) is 5.11 Å². The summed E-state index contributed by atoms with van der Waals surface area (Å²) >= 11 is 0. The van der Waals surface area contributed by atoms with Crippen LogP contribution >= 0.6 is 0 Å². The lowest BCUT2D eigenvalue weighted by Crippen LogP contribution is -2.13. The van der Waals surface area contributed by atoms with Gasteiger partial charge in [0.05, 0.1) is 11.4 Å². The van der Waals surface area contributed by atoms with Gasteiger partial charge in [0.1, 0.15) is 0 Å². The number of carbonyl (C=O) groups is 1. The van der Waals surface area contributed by atoms with Crippen molar-refractivity contribution < 1.29 is 14.7 Å². The quantitative estimate of drug-likeness (QED) is 0.684.